The van der Waals surface area contributed by atoms with Gasteiger partial charge in [-0.25, -0.2) is 0 Å². The Morgan fingerprint density at radius 2 is 1.86 bits per heavy atom. The Morgan fingerprint density at radius 3 is 2.29 bits per heavy atom. The molecule has 1 heterocycles. The molecule has 11 nitrogen and oxygen atoms in total. The molecule has 1 saturated heterocycles. The second-order valence-corrected chi connectivity index (χ2v) is 9.68. The maximum Gasteiger partial charge on any atom is 0.276 e. The second kappa shape index (κ2) is 7.11. The van der Waals surface area contributed by atoms with Crippen molar-refractivity contribution < 1.29 is 51.7 Å². The number of rotatable bonds is 7. The third kappa shape index (κ3) is 7.71. The molecule has 126 valence electrons. The van der Waals surface area contributed by atoms with E-state index in [1.807, 2.05) is 0 Å². The highest BCUT2D eigenvalue weighted by Crippen LogP contribution is 2.60. The van der Waals surface area contributed by atoms with Crippen LogP contribution in [0.15, 0.2) is 0 Å². The van der Waals surface area contributed by atoms with Crippen LogP contribution in [0.4, 0.5) is 0 Å². The first-order valence-electron chi connectivity index (χ1n) is 5.34. The van der Waals surface area contributed by atoms with E-state index in [4.69, 9.17) is 4.74 Å². The lowest BCUT2D eigenvalue weighted by Crippen LogP contribution is -2.27. The summed E-state index contributed by atoms with van der Waals surface area (Å²) in [4.78, 5) is 42.9. The molecule has 1 rings (SSSR count). The van der Waals surface area contributed by atoms with Crippen molar-refractivity contribution in [3.63, 3.8) is 0 Å². The van der Waals surface area contributed by atoms with E-state index < -0.39 is 41.2 Å². The zero-order chi connectivity index (χ0) is 16.5. The molecular formula is C6H11O11P3S-4. The highest BCUT2D eigenvalue weighted by atomic mass is 32.5. The Hall–Kier alpha value is 0.750. The average Bonchev–Trinajstić information content (AvgIpc) is 2.48. The number of hydrogen-bond donors (Lipinski definition) is 1. The first-order valence-corrected chi connectivity index (χ1v) is 10.8. The predicted octanol–water partition coefficient (Wildman–Crippen LogP) is -2.54. The molecule has 0 spiro atoms. The SMILES string of the molecule is CC1CC(O)C(COP([O-])(=S)OP(=O)([O-])OP(=O)([O-])[O-])O1. The van der Waals surface area contributed by atoms with Crippen LogP contribution in [0.1, 0.15) is 13.3 Å². The van der Waals surface area contributed by atoms with E-state index >= 15 is 0 Å². The Morgan fingerprint density at radius 1 is 1.29 bits per heavy atom. The lowest BCUT2D eigenvalue weighted by atomic mass is 10.1. The molecule has 1 aliphatic heterocycles. The van der Waals surface area contributed by atoms with Crippen molar-refractivity contribution in [3.8, 4) is 0 Å². The van der Waals surface area contributed by atoms with Gasteiger partial charge in [-0.3, -0.25) is 13.2 Å². The van der Waals surface area contributed by atoms with E-state index in [2.05, 4.69) is 25.0 Å². The molecule has 0 aromatic carbocycles. The highest BCUT2D eigenvalue weighted by Gasteiger charge is 2.32. The predicted molar refractivity (Wildman–Crippen MR) is 62.6 cm³/mol. The van der Waals surface area contributed by atoms with Gasteiger partial charge < -0.3 is 38.5 Å². The molecule has 0 radical (unpaired) electrons. The molecule has 1 aliphatic rings. The van der Waals surface area contributed by atoms with E-state index in [-0.39, 0.29) is 12.5 Å². The summed E-state index contributed by atoms with van der Waals surface area (Å²) in [5.41, 5.74) is 0. The Bertz CT molecular complexity index is 504. The third-order valence-corrected chi connectivity index (χ3v) is 6.79. The van der Waals surface area contributed by atoms with Crippen LogP contribution in [0.5, 0.6) is 0 Å². The maximum absolute atomic E-state index is 11.5. The minimum absolute atomic E-state index is 0.287. The van der Waals surface area contributed by atoms with Crippen LogP contribution >= 0.6 is 22.4 Å². The van der Waals surface area contributed by atoms with Crippen LogP contribution in [-0.4, -0.2) is 30.0 Å². The van der Waals surface area contributed by atoms with Gasteiger partial charge in [-0.05, 0) is 6.92 Å². The van der Waals surface area contributed by atoms with Crippen molar-refractivity contribution in [1.29, 1.82) is 0 Å². The molecular weight excluding hydrogens is 373 g/mol. The minimum Gasteiger partial charge on any atom is -0.790 e. The van der Waals surface area contributed by atoms with E-state index in [0.717, 1.165) is 0 Å². The van der Waals surface area contributed by atoms with Gasteiger partial charge in [-0.1, -0.05) is 11.8 Å². The number of phosphoric acid groups is 2. The van der Waals surface area contributed by atoms with E-state index in [0.29, 0.717) is 0 Å². The van der Waals surface area contributed by atoms with E-state index in [9.17, 15) is 33.8 Å². The molecule has 5 unspecified atom stereocenters. The monoisotopic (exact) mass is 384 g/mol. The molecule has 1 N–H and O–H groups in total. The molecule has 1 fully saturated rings. The fourth-order valence-electron chi connectivity index (χ4n) is 1.54. The summed E-state index contributed by atoms with van der Waals surface area (Å²) in [6, 6.07) is 0. The van der Waals surface area contributed by atoms with Crippen molar-refractivity contribution in [3.05, 3.63) is 0 Å². The molecule has 0 saturated carbocycles. The fourth-order valence-corrected chi connectivity index (χ4v) is 5.32. The van der Waals surface area contributed by atoms with Crippen LogP contribution in [0.3, 0.4) is 0 Å². The summed E-state index contributed by atoms with van der Waals surface area (Å²) >= 11 is 4.21. The van der Waals surface area contributed by atoms with Crippen LogP contribution in [0.2, 0.25) is 0 Å². The van der Waals surface area contributed by atoms with Crippen molar-refractivity contribution in [1.82, 2.24) is 0 Å². The number of hydrogen-bond acceptors (Lipinski definition) is 12. The molecule has 15 heteroatoms. The number of ether oxygens (including phenoxy) is 1. The number of aliphatic hydroxyl groups is 1. The molecule has 0 bridgehead atoms. The Balaban J connectivity index is 2.56. The lowest BCUT2D eigenvalue weighted by molar-refractivity contribution is -0.339. The van der Waals surface area contributed by atoms with Crippen molar-refractivity contribution in [2.45, 2.75) is 31.7 Å². The highest BCUT2D eigenvalue weighted by molar-refractivity contribution is 8.07. The summed E-state index contributed by atoms with van der Waals surface area (Å²) in [6.45, 7) is -3.60. The Kier molecular flexibility index (Phi) is 6.70. The quantitative estimate of drug-likeness (QED) is 0.454. The fraction of sp³-hybridized carbons (Fsp3) is 1.00. The minimum atomic E-state index is -5.92. The van der Waals surface area contributed by atoms with Gasteiger partial charge in [0.15, 0.2) is 0 Å². The second-order valence-electron chi connectivity index (χ2n) is 4.09. The van der Waals surface area contributed by atoms with Crippen LogP contribution in [0, 0.1) is 0 Å². The molecule has 0 aromatic heterocycles. The molecule has 0 amide bonds. The molecule has 5 atom stereocenters. The van der Waals surface area contributed by atoms with Crippen molar-refractivity contribution >= 4 is 34.2 Å². The summed E-state index contributed by atoms with van der Waals surface area (Å²) in [5.74, 6) is 0. The Labute approximate surface area is 124 Å². The third-order valence-electron chi connectivity index (χ3n) is 2.21. The van der Waals surface area contributed by atoms with Crippen LogP contribution in [-0.2, 0) is 38.8 Å². The van der Waals surface area contributed by atoms with E-state index in [1.165, 1.54) is 0 Å². The number of aliphatic hydroxyl groups excluding tert-OH is 1. The smallest absolute Gasteiger partial charge is 0.276 e. The van der Waals surface area contributed by atoms with Crippen LogP contribution in [0.25, 0.3) is 0 Å². The lowest BCUT2D eigenvalue weighted by Gasteiger charge is -2.39. The molecule has 0 aromatic rings. The first-order chi connectivity index (χ1) is 9.30. The normalized spacial score (nSPS) is 32.6. The van der Waals surface area contributed by atoms with Gasteiger partial charge in [0.2, 0.25) is 0 Å². The maximum atomic E-state index is 11.5. The van der Waals surface area contributed by atoms with Crippen LogP contribution < -0.4 is 19.6 Å². The van der Waals surface area contributed by atoms with E-state index in [1.54, 1.807) is 6.92 Å². The largest absolute Gasteiger partial charge is 0.790 e. The van der Waals surface area contributed by atoms with Gasteiger partial charge in [0.1, 0.15) is 12.8 Å². The topological polar surface area (TPSA) is 184 Å². The van der Waals surface area contributed by atoms with Crippen molar-refractivity contribution in [2.24, 2.45) is 0 Å². The standard InChI is InChI=1S/C6H15O11P3S/c1-4-2-5(7)6(15-4)3-14-20(13,21)17-19(11,12)16-18(8,9)10/h4-7H,2-3H2,1H3,(H,11,12)(H,13,21)(H2,8,9,10)/p-4. The van der Waals surface area contributed by atoms with Gasteiger partial charge >= 0.3 is 0 Å². The van der Waals surface area contributed by atoms with Gasteiger partial charge in [-0.15, -0.1) is 0 Å². The summed E-state index contributed by atoms with van der Waals surface area (Å²) < 4.78 is 37.6. The molecule has 21 heavy (non-hydrogen) atoms. The average molecular weight is 384 g/mol. The molecule has 0 aliphatic carbocycles. The van der Waals surface area contributed by atoms with Gasteiger partial charge in [0.25, 0.3) is 7.82 Å². The zero-order valence-corrected chi connectivity index (χ0v) is 13.9. The summed E-state index contributed by atoms with van der Waals surface area (Å²) in [6.07, 6.45) is -1.85. The van der Waals surface area contributed by atoms with Crippen molar-refractivity contribution in [2.75, 3.05) is 6.61 Å². The van der Waals surface area contributed by atoms with Gasteiger partial charge in [0, 0.05) is 6.42 Å². The first kappa shape index (κ1) is 19.8. The summed E-state index contributed by atoms with van der Waals surface area (Å²) in [5, 5.41) is 9.51. The van der Waals surface area contributed by atoms with Gasteiger partial charge in [0.05, 0.1) is 26.6 Å². The zero-order valence-electron chi connectivity index (χ0n) is 10.4. The summed E-state index contributed by atoms with van der Waals surface area (Å²) in [7, 11) is -11.7. The van der Waals surface area contributed by atoms with Gasteiger partial charge in [-0.2, -0.15) is 0 Å².